The summed E-state index contributed by atoms with van der Waals surface area (Å²) in [7, 11) is 0. The molecule has 2 heterocycles. The number of hydrogen-bond acceptors (Lipinski definition) is 5. The van der Waals surface area contributed by atoms with Crippen molar-refractivity contribution in [2.24, 2.45) is 5.92 Å². The quantitative estimate of drug-likeness (QED) is 0.669. The zero-order valence-corrected chi connectivity index (χ0v) is 15.6. The summed E-state index contributed by atoms with van der Waals surface area (Å²) < 4.78 is 5.96. The number of carbonyl (C=O) groups is 2. The Labute approximate surface area is 159 Å². The molecule has 27 heavy (non-hydrogen) atoms. The van der Waals surface area contributed by atoms with Gasteiger partial charge in [-0.1, -0.05) is 18.9 Å². The van der Waals surface area contributed by atoms with Crippen LogP contribution in [-0.2, 0) is 9.53 Å². The largest absolute Gasteiger partial charge is 0.394 e. The molecule has 1 aromatic heterocycles. The molecule has 0 spiro atoms. The van der Waals surface area contributed by atoms with Gasteiger partial charge in [-0.05, 0) is 44.2 Å². The van der Waals surface area contributed by atoms with E-state index in [1.165, 1.54) is 0 Å². The molecule has 2 fully saturated rings. The smallest absolute Gasteiger partial charge is 0.270 e. The van der Waals surface area contributed by atoms with Crippen molar-refractivity contribution in [3.05, 3.63) is 30.1 Å². The van der Waals surface area contributed by atoms with E-state index < -0.39 is 6.10 Å². The second-order valence-electron chi connectivity index (χ2n) is 7.41. The van der Waals surface area contributed by atoms with Crippen molar-refractivity contribution in [3.8, 4) is 0 Å². The van der Waals surface area contributed by atoms with E-state index in [-0.39, 0.29) is 36.5 Å². The Morgan fingerprint density at radius 2 is 2.00 bits per heavy atom. The van der Waals surface area contributed by atoms with Gasteiger partial charge >= 0.3 is 0 Å². The van der Waals surface area contributed by atoms with Gasteiger partial charge in [0.25, 0.3) is 5.91 Å². The molecule has 1 saturated heterocycles. The lowest BCUT2D eigenvalue weighted by atomic mass is 9.97. The van der Waals surface area contributed by atoms with Crippen LogP contribution < -0.4 is 10.6 Å². The summed E-state index contributed by atoms with van der Waals surface area (Å²) in [5.41, 5.74) is 0.353. The molecule has 148 valence electrons. The summed E-state index contributed by atoms with van der Waals surface area (Å²) in [4.78, 5) is 28.4. The number of amides is 2. The first-order valence-electron chi connectivity index (χ1n) is 9.93. The van der Waals surface area contributed by atoms with Crippen LogP contribution in [0.3, 0.4) is 0 Å². The van der Waals surface area contributed by atoms with E-state index in [0.29, 0.717) is 12.2 Å². The maximum atomic E-state index is 12.3. The van der Waals surface area contributed by atoms with Crippen molar-refractivity contribution >= 4 is 11.8 Å². The maximum absolute atomic E-state index is 12.3. The van der Waals surface area contributed by atoms with Gasteiger partial charge in [-0.2, -0.15) is 0 Å². The average molecular weight is 375 g/mol. The molecule has 0 unspecified atom stereocenters. The molecule has 0 radical (unpaired) electrons. The molecule has 3 atom stereocenters. The number of carbonyl (C=O) groups excluding carboxylic acids is 2. The number of aliphatic hydroxyl groups excluding tert-OH is 1. The molecule has 0 aromatic carbocycles. The molecular weight excluding hydrogens is 346 g/mol. The standard InChI is InChI=1S/C20H29N3O4/c24-13-18-16(23-20(26)17-7-3-4-11-21-17)9-8-15(27-18)10-12-22-19(25)14-5-1-2-6-14/h3-4,7,11,14-16,18,24H,1-2,5-6,8-10,12-13H2,(H,22,25)(H,23,26)/t15-,16+,18-/m1/s1. The normalized spacial score (nSPS) is 25.9. The Morgan fingerprint density at radius 1 is 1.19 bits per heavy atom. The predicted molar refractivity (Wildman–Crippen MR) is 100 cm³/mol. The van der Waals surface area contributed by atoms with E-state index in [1.807, 2.05) is 0 Å². The summed E-state index contributed by atoms with van der Waals surface area (Å²) >= 11 is 0. The van der Waals surface area contributed by atoms with E-state index in [2.05, 4.69) is 15.6 Å². The third-order valence-corrected chi connectivity index (χ3v) is 5.50. The third kappa shape index (κ3) is 5.49. The van der Waals surface area contributed by atoms with Crippen LogP contribution in [0.1, 0.15) is 55.4 Å². The molecule has 3 rings (SSSR count). The van der Waals surface area contributed by atoms with E-state index in [4.69, 9.17) is 4.74 Å². The van der Waals surface area contributed by atoms with Gasteiger partial charge in [-0.15, -0.1) is 0 Å². The number of aliphatic hydroxyl groups is 1. The highest BCUT2D eigenvalue weighted by atomic mass is 16.5. The van der Waals surface area contributed by atoms with Gasteiger partial charge in [0.2, 0.25) is 5.91 Å². The molecule has 1 aliphatic carbocycles. The number of nitrogens with one attached hydrogen (secondary N) is 2. The Bertz CT molecular complexity index is 619. The van der Waals surface area contributed by atoms with Crippen LogP contribution in [0.5, 0.6) is 0 Å². The van der Waals surface area contributed by atoms with Gasteiger partial charge in [-0.25, -0.2) is 0 Å². The molecule has 3 N–H and O–H groups in total. The van der Waals surface area contributed by atoms with Crippen molar-refractivity contribution < 1.29 is 19.4 Å². The molecule has 7 nitrogen and oxygen atoms in total. The SMILES string of the molecule is O=C(N[C@H]1CC[C@H](CCNC(=O)C2CCCC2)O[C@@H]1CO)c1ccccn1. The van der Waals surface area contributed by atoms with Gasteiger partial charge in [0, 0.05) is 18.7 Å². The highest BCUT2D eigenvalue weighted by Gasteiger charge is 2.32. The van der Waals surface area contributed by atoms with Crippen molar-refractivity contribution in [2.75, 3.05) is 13.2 Å². The summed E-state index contributed by atoms with van der Waals surface area (Å²) in [5, 5.41) is 15.6. The zero-order chi connectivity index (χ0) is 19.1. The predicted octanol–water partition coefficient (Wildman–Crippen LogP) is 1.42. The minimum atomic E-state index is -0.443. The van der Waals surface area contributed by atoms with Gasteiger partial charge < -0.3 is 20.5 Å². The third-order valence-electron chi connectivity index (χ3n) is 5.50. The molecule has 1 aromatic rings. The lowest BCUT2D eigenvalue weighted by Gasteiger charge is -2.36. The van der Waals surface area contributed by atoms with E-state index in [0.717, 1.165) is 44.9 Å². The van der Waals surface area contributed by atoms with Crippen molar-refractivity contribution in [1.29, 1.82) is 0 Å². The van der Waals surface area contributed by atoms with Gasteiger partial charge in [0.1, 0.15) is 11.8 Å². The van der Waals surface area contributed by atoms with Gasteiger partial charge in [0.05, 0.1) is 18.8 Å². The molecular formula is C20H29N3O4. The second kappa shape index (κ2) is 9.80. The monoisotopic (exact) mass is 375 g/mol. The van der Waals surface area contributed by atoms with Gasteiger partial charge in [0.15, 0.2) is 0 Å². The van der Waals surface area contributed by atoms with E-state index in [1.54, 1.807) is 24.4 Å². The fourth-order valence-corrected chi connectivity index (χ4v) is 3.94. The van der Waals surface area contributed by atoms with Crippen LogP contribution in [0.2, 0.25) is 0 Å². The first-order valence-corrected chi connectivity index (χ1v) is 9.93. The number of hydrogen-bond donors (Lipinski definition) is 3. The highest BCUT2D eigenvalue weighted by Crippen LogP contribution is 2.25. The topological polar surface area (TPSA) is 101 Å². The Hall–Kier alpha value is -1.99. The first-order chi connectivity index (χ1) is 13.2. The van der Waals surface area contributed by atoms with Crippen LogP contribution >= 0.6 is 0 Å². The molecule has 2 amide bonds. The molecule has 7 heteroatoms. The number of ether oxygens (including phenoxy) is 1. The average Bonchev–Trinajstić information content (AvgIpc) is 3.24. The summed E-state index contributed by atoms with van der Waals surface area (Å²) in [6, 6.07) is 4.93. The fourth-order valence-electron chi connectivity index (χ4n) is 3.94. The van der Waals surface area contributed by atoms with E-state index in [9.17, 15) is 14.7 Å². The van der Waals surface area contributed by atoms with Crippen LogP contribution in [0.25, 0.3) is 0 Å². The Morgan fingerprint density at radius 3 is 2.70 bits per heavy atom. The minimum absolute atomic E-state index is 0.0194. The summed E-state index contributed by atoms with van der Waals surface area (Å²) in [6.45, 7) is 0.432. The number of rotatable bonds is 7. The minimum Gasteiger partial charge on any atom is -0.394 e. The van der Waals surface area contributed by atoms with Crippen molar-refractivity contribution in [3.63, 3.8) is 0 Å². The highest BCUT2D eigenvalue weighted by molar-refractivity contribution is 5.92. The van der Waals surface area contributed by atoms with Crippen LogP contribution in [-0.4, -0.2) is 53.3 Å². The zero-order valence-electron chi connectivity index (χ0n) is 15.6. The molecule has 1 saturated carbocycles. The Balaban J connectivity index is 1.42. The number of aromatic nitrogens is 1. The molecule has 2 aliphatic rings. The van der Waals surface area contributed by atoms with Crippen molar-refractivity contribution in [2.45, 2.75) is 63.2 Å². The second-order valence-corrected chi connectivity index (χ2v) is 7.41. The van der Waals surface area contributed by atoms with E-state index >= 15 is 0 Å². The maximum Gasteiger partial charge on any atom is 0.270 e. The number of nitrogens with zero attached hydrogens (tertiary/aromatic N) is 1. The van der Waals surface area contributed by atoms with Gasteiger partial charge in [-0.3, -0.25) is 14.6 Å². The lowest BCUT2D eigenvalue weighted by Crippen LogP contribution is -2.51. The van der Waals surface area contributed by atoms with Crippen LogP contribution in [0.4, 0.5) is 0 Å². The molecule has 0 bridgehead atoms. The Kier molecular flexibility index (Phi) is 7.18. The summed E-state index contributed by atoms with van der Waals surface area (Å²) in [6.07, 6.45) is 7.62. The van der Waals surface area contributed by atoms with Crippen molar-refractivity contribution in [1.82, 2.24) is 15.6 Å². The molecule has 1 aliphatic heterocycles. The number of pyridine rings is 1. The van der Waals surface area contributed by atoms with Crippen LogP contribution in [0.15, 0.2) is 24.4 Å². The van der Waals surface area contributed by atoms with Crippen LogP contribution in [0, 0.1) is 5.92 Å². The fraction of sp³-hybridized carbons (Fsp3) is 0.650. The lowest BCUT2D eigenvalue weighted by molar-refractivity contribution is -0.125. The summed E-state index contributed by atoms with van der Waals surface area (Å²) in [5.74, 6) is 0.0705. The first kappa shape index (κ1) is 19.8.